The second kappa shape index (κ2) is 2.17. The molecule has 2 aromatic rings. The maximum atomic E-state index is 11.3. The fourth-order valence-electron chi connectivity index (χ4n) is 1.06. The third-order valence-electron chi connectivity index (χ3n) is 1.66. The molecule has 2 rings (SSSR count). The molecule has 0 radical (unpaired) electrons. The van der Waals surface area contributed by atoms with Crippen molar-refractivity contribution in [2.75, 3.05) is 0 Å². The predicted molar refractivity (Wildman–Crippen MR) is 43.0 cm³/mol. The molecule has 62 valence electrons. The molecule has 0 spiro atoms. The SMILES string of the molecule is Cc1ccc2nn(C)c(=O)n2n1. The zero-order chi connectivity index (χ0) is 8.72. The van der Waals surface area contributed by atoms with Crippen LogP contribution in [-0.4, -0.2) is 19.4 Å². The lowest BCUT2D eigenvalue weighted by molar-refractivity contribution is 0.715. The molecule has 5 nitrogen and oxygen atoms in total. The minimum atomic E-state index is -0.214. The summed E-state index contributed by atoms with van der Waals surface area (Å²) in [6.07, 6.45) is 0. The summed E-state index contributed by atoms with van der Waals surface area (Å²) in [4.78, 5) is 11.3. The number of hydrogen-bond donors (Lipinski definition) is 0. The fraction of sp³-hybridized carbons (Fsp3) is 0.286. The normalized spacial score (nSPS) is 10.8. The number of fused-ring (bicyclic) bond motifs is 1. The quantitative estimate of drug-likeness (QED) is 0.539. The number of hydrogen-bond acceptors (Lipinski definition) is 3. The topological polar surface area (TPSA) is 52.2 Å². The molecule has 0 saturated heterocycles. The molecule has 0 aromatic carbocycles. The molecule has 0 aliphatic carbocycles. The molecular weight excluding hydrogens is 156 g/mol. The lowest BCUT2D eigenvalue weighted by atomic mass is 10.4. The second-order valence-corrected chi connectivity index (χ2v) is 2.65. The molecular formula is C7H8N4O. The molecule has 0 bridgehead atoms. The van der Waals surface area contributed by atoms with E-state index in [1.807, 2.05) is 13.0 Å². The standard InChI is InChI=1S/C7H8N4O/c1-5-3-4-6-9-10(2)7(12)11(6)8-5/h3-4H,1-2H3. The van der Waals surface area contributed by atoms with Crippen LogP contribution in [0.2, 0.25) is 0 Å². The first kappa shape index (κ1) is 7.02. The molecule has 0 saturated carbocycles. The third-order valence-corrected chi connectivity index (χ3v) is 1.66. The van der Waals surface area contributed by atoms with Gasteiger partial charge < -0.3 is 0 Å². The van der Waals surface area contributed by atoms with Gasteiger partial charge in [0, 0.05) is 7.05 Å². The van der Waals surface area contributed by atoms with Gasteiger partial charge in [0.15, 0.2) is 5.65 Å². The van der Waals surface area contributed by atoms with Crippen molar-refractivity contribution in [3.05, 3.63) is 28.3 Å². The maximum absolute atomic E-state index is 11.3. The van der Waals surface area contributed by atoms with Crippen molar-refractivity contribution in [1.82, 2.24) is 19.4 Å². The number of aromatic nitrogens is 4. The van der Waals surface area contributed by atoms with Crippen LogP contribution in [0.1, 0.15) is 5.69 Å². The largest absolute Gasteiger partial charge is 0.366 e. The van der Waals surface area contributed by atoms with Crippen molar-refractivity contribution in [2.45, 2.75) is 6.92 Å². The lowest BCUT2D eigenvalue weighted by Crippen LogP contribution is -2.19. The second-order valence-electron chi connectivity index (χ2n) is 2.65. The Morgan fingerprint density at radius 2 is 2.08 bits per heavy atom. The number of nitrogens with zero attached hydrogens (tertiary/aromatic N) is 4. The van der Waals surface area contributed by atoms with Crippen molar-refractivity contribution in [3.8, 4) is 0 Å². The molecule has 12 heavy (non-hydrogen) atoms. The van der Waals surface area contributed by atoms with Crippen molar-refractivity contribution in [3.63, 3.8) is 0 Å². The Labute approximate surface area is 68.2 Å². The Bertz CT molecular complexity index is 482. The van der Waals surface area contributed by atoms with Gasteiger partial charge in [-0.15, -0.1) is 5.10 Å². The van der Waals surface area contributed by atoms with Crippen molar-refractivity contribution < 1.29 is 0 Å². The summed E-state index contributed by atoms with van der Waals surface area (Å²) in [6, 6.07) is 3.59. The van der Waals surface area contributed by atoms with Crippen molar-refractivity contribution in [2.24, 2.45) is 7.05 Å². The highest BCUT2D eigenvalue weighted by atomic mass is 16.2. The summed E-state index contributed by atoms with van der Waals surface area (Å²) in [5.74, 6) is 0. The highest BCUT2D eigenvalue weighted by Gasteiger charge is 2.02. The first-order valence-corrected chi connectivity index (χ1v) is 3.58. The lowest BCUT2D eigenvalue weighted by Gasteiger charge is -1.89. The summed E-state index contributed by atoms with van der Waals surface area (Å²) in [7, 11) is 1.60. The number of rotatable bonds is 0. The van der Waals surface area contributed by atoms with Gasteiger partial charge in [-0.2, -0.15) is 9.61 Å². The van der Waals surface area contributed by atoms with Gasteiger partial charge in [0.1, 0.15) is 0 Å². The van der Waals surface area contributed by atoms with Gasteiger partial charge in [-0.3, -0.25) is 0 Å². The molecule has 0 fully saturated rings. The van der Waals surface area contributed by atoms with E-state index in [4.69, 9.17) is 0 Å². The first-order valence-electron chi connectivity index (χ1n) is 3.58. The van der Waals surface area contributed by atoms with Gasteiger partial charge in [0.05, 0.1) is 5.69 Å². The Balaban J connectivity index is 2.98. The Morgan fingerprint density at radius 1 is 1.33 bits per heavy atom. The molecule has 0 unspecified atom stereocenters. The molecule has 5 heteroatoms. The highest BCUT2D eigenvalue weighted by Crippen LogP contribution is 1.94. The van der Waals surface area contributed by atoms with Crippen molar-refractivity contribution >= 4 is 5.65 Å². The van der Waals surface area contributed by atoms with E-state index < -0.39 is 0 Å². The molecule has 0 atom stereocenters. The molecule has 0 aliphatic rings. The van der Waals surface area contributed by atoms with E-state index in [2.05, 4.69) is 10.2 Å². The zero-order valence-electron chi connectivity index (χ0n) is 6.85. The van der Waals surface area contributed by atoms with E-state index in [0.717, 1.165) is 5.69 Å². The van der Waals surface area contributed by atoms with E-state index in [1.165, 1.54) is 9.20 Å². The zero-order valence-corrected chi connectivity index (χ0v) is 6.85. The first-order chi connectivity index (χ1) is 5.68. The Hall–Kier alpha value is -1.65. The van der Waals surface area contributed by atoms with E-state index >= 15 is 0 Å². The van der Waals surface area contributed by atoms with Gasteiger partial charge in [0.25, 0.3) is 0 Å². The van der Waals surface area contributed by atoms with Crippen LogP contribution in [0.5, 0.6) is 0 Å². The van der Waals surface area contributed by atoms with E-state index in [0.29, 0.717) is 5.65 Å². The molecule has 2 aromatic heterocycles. The summed E-state index contributed by atoms with van der Waals surface area (Å²) in [6.45, 7) is 1.83. The third kappa shape index (κ3) is 0.827. The predicted octanol–water partition coefficient (Wildman–Crippen LogP) is -0.264. The van der Waals surface area contributed by atoms with Crippen LogP contribution in [0.15, 0.2) is 16.9 Å². The molecule has 0 amide bonds. The van der Waals surface area contributed by atoms with Crippen LogP contribution in [0.3, 0.4) is 0 Å². The van der Waals surface area contributed by atoms with Gasteiger partial charge in [-0.1, -0.05) is 0 Å². The van der Waals surface area contributed by atoms with Crippen LogP contribution in [0, 0.1) is 6.92 Å². The monoisotopic (exact) mass is 164 g/mol. The molecule has 0 aliphatic heterocycles. The average molecular weight is 164 g/mol. The Morgan fingerprint density at radius 3 is 2.83 bits per heavy atom. The highest BCUT2D eigenvalue weighted by molar-refractivity contribution is 5.34. The van der Waals surface area contributed by atoms with Gasteiger partial charge >= 0.3 is 5.69 Å². The average Bonchev–Trinajstić information content (AvgIpc) is 2.31. The molecule has 2 heterocycles. The van der Waals surface area contributed by atoms with E-state index in [-0.39, 0.29) is 5.69 Å². The van der Waals surface area contributed by atoms with Crippen LogP contribution in [0.4, 0.5) is 0 Å². The van der Waals surface area contributed by atoms with Gasteiger partial charge in [-0.25, -0.2) is 9.48 Å². The number of aryl methyl sites for hydroxylation is 2. The van der Waals surface area contributed by atoms with Gasteiger partial charge in [-0.05, 0) is 19.1 Å². The molecule has 0 N–H and O–H groups in total. The van der Waals surface area contributed by atoms with Crippen LogP contribution < -0.4 is 5.69 Å². The minimum Gasteiger partial charge on any atom is -0.244 e. The summed E-state index contributed by atoms with van der Waals surface area (Å²) >= 11 is 0. The van der Waals surface area contributed by atoms with Gasteiger partial charge in [0.2, 0.25) is 0 Å². The van der Waals surface area contributed by atoms with Crippen LogP contribution >= 0.6 is 0 Å². The minimum absolute atomic E-state index is 0.214. The fourth-order valence-corrected chi connectivity index (χ4v) is 1.06. The maximum Gasteiger partial charge on any atom is 0.366 e. The van der Waals surface area contributed by atoms with E-state index in [9.17, 15) is 4.79 Å². The summed E-state index contributed by atoms with van der Waals surface area (Å²) < 4.78 is 2.55. The van der Waals surface area contributed by atoms with E-state index in [1.54, 1.807) is 13.1 Å². The summed E-state index contributed by atoms with van der Waals surface area (Å²) in [5.41, 5.74) is 1.17. The smallest absolute Gasteiger partial charge is 0.244 e. The Kier molecular flexibility index (Phi) is 1.27. The van der Waals surface area contributed by atoms with Crippen molar-refractivity contribution in [1.29, 1.82) is 0 Å². The summed E-state index contributed by atoms with van der Waals surface area (Å²) in [5, 5.41) is 7.98. The van der Waals surface area contributed by atoms with Crippen LogP contribution in [0.25, 0.3) is 5.65 Å². The van der Waals surface area contributed by atoms with Crippen LogP contribution in [-0.2, 0) is 7.05 Å².